The molecule has 4 amide bonds. The van der Waals surface area contributed by atoms with Gasteiger partial charge in [-0.3, -0.25) is 29.5 Å². The molecule has 0 aliphatic carbocycles. The lowest BCUT2D eigenvalue weighted by atomic mass is 10.1. The topological polar surface area (TPSA) is 102 Å². The van der Waals surface area contributed by atoms with E-state index < -0.39 is 11.8 Å². The Balaban J connectivity index is 1.32. The Morgan fingerprint density at radius 3 is 2.07 bits per heavy atom. The van der Waals surface area contributed by atoms with Gasteiger partial charge in [0.05, 0.1) is 11.1 Å². The lowest BCUT2D eigenvalue weighted by molar-refractivity contribution is -0.140. The molecule has 0 aromatic heterocycles. The molecule has 3 heterocycles. The molecule has 0 saturated carbocycles. The van der Waals surface area contributed by atoms with E-state index in [0.29, 0.717) is 37.3 Å². The summed E-state index contributed by atoms with van der Waals surface area (Å²) in [6.07, 6.45) is 0.734. The molecule has 148 valence electrons. The second-order valence-electron chi connectivity index (χ2n) is 7.43. The molecule has 1 aromatic carbocycles. The molecular weight excluding hydrogens is 362 g/mol. The average molecular weight is 385 g/mol. The summed E-state index contributed by atoms with van der Waals surface area (Å²) in [4.78, 5) is 54.3. The maximum absolute atomic E-state index is 12.6. The number of hydrogen-bond acceptors (Lipinski definition) is 6. The van der Waals surface area contributed by atoms with Crippen LogP contribution in [0.4, 0.5) is 0 Å². The summed E-state index contributed by atoms with van der Waals surface area (Å²) in [7, 11) is 0. The van der Waals surface area contributed by atoms with Crippen molar-refractivity contribution in [2.45, 2.75) is 25.4 Å². The molecule has 9 heteroatoms. The zero-order valence-electron chi connectivity index (χ0n) is 15.7. The van der Waals surface area contributed by atoms with Crippen molar-refractivity contribution in [3.63, 3.8) is 0 Å². The minimum absolute atomic E-state index is 0.0318. The van der Waals surface area contributed by atoms with Crippen LogP contribution < -0.4 is 10.9 Å². The maximum atomic E-state index is 12.6. The summed E-state index contributed by atoms with van der Waals surface area (Å²) in [6, 6.07) is 6.59. The smallest absolute Gasteiger partial charge is 0.262 e. The Kier molecular flexibility index (Phi) is 4.86. The van der Waals surface area contributed by atoms with E-state index in [-0.39, 0.29) is 30.4 Å². The number of hydrogen-bond donors (Lipinski definition) is 2. The fourth-order valence-electron chi connectivity index (χ4n) is 3.89. The molecule has 2 saturated heterocycles. The van der Waals surface area contributed by atoms with Gasteiger partial charge in [0, 0.05) is 32.2 Å². The zero-order valence-corrected chi connectivity index (χ0v) is 15.7. The molecule has 28 heavy (non-hydrogen) atoms. The zero-order chi connectivity index (χ0) is 19.8. The van der Waals surface area contributed by atoms with Crippen LogP contribution in [0, 0.1) is 0 Å². The second-order valence-corrected chi connectivity index (χ2v) is 7.43. The first-order valence-electron chi connectivity index (χ1n) is 9.48. The Morgan fingerprint density at radius 1 is 0.964 bits per heavy atom. The molecule has 2 N–H and O–H groups in total. The fourth-order valence-corrected chi connectivity index (χ4v) is 3.89. The number of nitrogens with one attached hydrogen (secondary N) is 2. The van der Waals surface area contributed by atoms with E-state index in [0.717, 1.165) is 11.3 Å². The summed E-state index contributed by atoms with van der Waals surface area (Å²) in [5, 5.41) is 0. The number of nitrogens with zero attached hydrogens (tertiary/aromatic N) is 3. The van der Waals surface area contributed by atoms with Gasteiger partial charge < -0.3 is 9.80 Å². The van der Waals surface area contributed by atoms with E-state index in [2.05, 4.69) is 10.9 Å². The van der Waals surface area contributed by atoms with Gasteiger partial charge in [0.25, 0.3) is 11.8 Å². The number of fused-ring (bicyclic) bond motifs is 1. The van der Waals surface area contributed by atoms with Crippen molar-refractivity contribution in [3.8, 4) is 0 Å². The summed E-state index contributed by atoms with van der Waals surface area (Å²) in [6.45, 7) is 3.41. The van der Waals surface area contributed by atoms with Gasteiger partial charge in [0.2, 0.25) is 11.8 Å². The van der Waals surface area contributed by atoms with Crippen LogP contribution in [0.1, 0.15) is 34.1 Å². The number of hydrazine groups is 1. The summed E-state index contributed by atoms with van der Waals surface area (Å²) in [5.74, 6) is -1.12. The first-order valence-corrected chi connectivity index (χ1v) is 9.48. The molecule has 4 rings (SSSR count). The fraction of sp³-hybridized carbons (Fsp3) is 0.474. The van der Waals surface area contributed by atoms with Crippen molar-refractivity contribution >= 4 is 23.6 Å². The molecule has 0 spiro atoms. The van der Waals surface area contributed by atoms with Crippen molar-refractivity contribution in [1.29, 1.82) is 0 Å². The van der Waals surface area contributed by atoms with Crippen LogP contribution >= 0.6 is 0 Å². The summed E-state index contributed by atoms with van der Waals surface area (Å²) >= 11 is 0. The third-order valence-electron chi connectivity index (χ3n) is 5.51. The number of piperazine rings is 1. The van der Waals surface area contributed by atoms with E-state index >= 15 is 0 Å². The molecule has 2 unspecified atom stereocenters. The number of carbonyl (C=O) groups excluding carboxylic acids is 4. The van der Waals surface area contributed by atoms with E-state index in [9.17, 15) is 19.2 Å². The van der Waals surface area contributed by atoms with Crippen molar-refractivity contribution in [2.24, 2.45) is 0 Å². The van der Waals surface area contributed by atoms with E-state index in [1.165, 1.54) is 0 Å². The van der Waals surface area contributed by atoms with Gasteiger partial charge in [0.1, 0.15) is 12.6 Å². The maximum Gasteiger partial charge on any atom is 0.262 e. The van der Waals surface area contributed by atoms with Gasteiger partial charge in [-0.25, -0.2) is 5.43 Å². The minimum Gasteiger partial charge on any atom is -0.338 e. The molecule has 0 radical (unpaired) electrons. The predicted molar refractivity (Wildman–Crippen MR) is 99.1 cm³/mol. The Morgan fingerprint density at radius 2 is 1.54 bits per heavy atom. The summed E-state index contributed by atoms with van der Waals surface area (Å²) < 4.78 is 0. The highest BCUT2D eigenvalue weighted by atomic mass is 16.2. The van der Waals surface area contributed by atoms with Crippen LogP contribution in [0.15, 0.2) is 24.3 Å². The molecule has 3 aliphatic rings. The molecule has 2 atom stereocenters. The first-order chi connectivity index (χ1) is 13.5. The van der Waals surface area contributed by atoms with Crippen LogP contribution in [-0.2, 0) is 9.59 Å². The molecule has 1 aromatic rings. The number of rotatable bonds is 3. The normalized spacial score (nSPS) is 24.7. The van der Waals surface area contributed by atoms with Crippen LogP contribution in [0.5, 0.6) is 0 Å². The Bertz CT molecular complexity index is 798. The van der Waals surface area contributed by atoms with Crippen LogP contribution in [0.2, 0.25) is 0 Å². The van der Waals surface area contributed by atoms with Crippen LogP contribution in [0.3, 0.4) is 0 Å². The SMILES string of the molecule is CC1CC(C(=O)N2CCN(C(=O)CN3C(=O)c4ccccc4C3=O)CC2)NN1. The van der Waals surface area contributed by atoms with Gasteiger partial charge >= 0.3 is 0 Å². The largest absolute Gasteiger partial charge is 0.338 e. The van der Waals surface area contributed by atoms with Crippen molar-refractivity contribution in [1.82, 2.24) is 25.6 Å². The highest BCUT2D eigenvalue weighted by Crippen LogP contribution is 2.22. The molecule has 3 aliphatic heterocycles. The standard InChI is InChI=1S/C19H23N5O4/c1-12-10-15(21-20-12)19(28)23-8-6-22(7-9-23)16(25)11-24-17(26)13-4-2-3-5-14(13)18(24)27/h2-5,12,15,20-21H,6-11H2,1H3. The van der Waals surface area contributed by atoms with E-state index in [1.54, 1.807) is 34.1 Å². The van der Waals surface area contributed by atoms with E-state index in [4.69, 9.17) is 0 Å². The predicted octanol–water partition coefficient (Wildman–Crippen LogP) is -0.792. The highest BCUT2D eigenvalue weighted by molar-refractivity contribution is 6.22. The molecule has 0 bridgehead atoms. The molecule has 9 nitrogen and oxygen atoms in total. The minimum atomic E-state index is -0.434. The first kappa shape index (κ1) is 18.6. The van der Waals surface area contributed by atoms with Crippen molar-refractivity contribution in [2.75, 3.05) is 32.7 Å². The quantitative estimate of drug-likeness (QED) is 0.661. The van der Waals surface area contributed by atoms with Crippen LogP contribution in [0.25, 0.3) is 0 Å². The van der Waals surface area contributed by atoms with Gasteiger partial charge in [-0.2, -0.15) is 0 Å². The lowest BCUT2D eigenvalue weighted by Crippen LogP contribution is -2.56. The lowest BCUT2D eigenvalue weighted by Gasteiger charge is -2.36. The van der Waals surface area contributed by atoms with Gasteiger partial charge in [-0.1, -0.05) is 12.1 Å². The molecular formula is C19H23N5O4. The Hall–Kier alpha value is -2.78. The number of imide groups is 1. The second kappa shape index (κ2) is 7.33. The van der Waals surface area contributed by atoms with Gasteiger partial charge in [-0.15, -0.1) is 0 Å². The number of carbonyl (C=O) groups is 4. The monoisotopic (exact) mass is 385 g/mol. The van der Waals surface area contributed by atoms with Crippen molar-refractivity contribution < 1.29 is 19.2 Å². The van der Waals surface area contributed by atoms with Gasteiger partial charge in [0.15, 0.2) is 0 Å². The highest BCUT2D eigenvalue weighted by Gasteiger charge is 2.38. The Labute approximate surface area is 162 Å². The third-order valence-corrected chi connectivity index (χ3v) is 5.51. The van der Waals surface area contributed by atoms with Crippen LogP contribution in [-0.4, -0.2) is 83.1 Å². The summed E-state index contributed by atoms with van der Waals surface area (Å²) in [5.41, 5.74) is 6.71. The third kappa shape index (κ3) is 3.27. The number of amides is 4. The van der Waals surface area contributed by atoms with E-state index in [1.807, 2.05) is 6.92 Å². The van der Waals surface area contributed by atoms with Gasteiger partial charge in [-0.05, 0) is 25.5 Å². The average Bonchev–Trinajstić information content (AvgIpc) is 3.25. The molecule has 2 fully saturated rings. The number of benzene rings is 1. The van der Waals surface area contributed by atoms with Crippen molar-refractivity contribution in [3.05, 3.63) is 35.4 Å².